The highest BCUT2D eigenvalue weighted by atomic mass is 16.3. The number of rotatable bonds is 5. The van der Waals surface area contributed by atoms with Gasteiger partial charge in [-0.05, 0) is 39.3 Å². The molecule has 90 valence electrons. The molecule has 0 saturated carbocycles. The summed E-state index contributed by atoms with van der Waals surface area (Å²) in [6.45, 7) is 7.83. The van der Waals surface area contributed by atoms with Gasteiger partial charge in [0.25, 0.3) is 0 Å². The van der Waals surface area contributed by atoms with E-state index in [0.717, 1.165) is 13.1 Å². The number of furan rings is 1. The Morgan fingerprint density at radius 3 is 3.00 bits per heavy atom. The van der Waals surface area contributed by atoms with E-state index in [9.17, 15) is 0 Å². The van der Waals surface area contributed by atoms with E-state index >= 15 is 0 Å². The summed E-state index contributed by atoms with van der Waals surface area (Å²) in [6.07, 6.45) is 6.23. The van der Waals surface area contributed by atoms with Gasteiger partial charge in [0.1, 0.15) is 0 Å². The van der Waals surface area contributed by atoms with Gasteiger partial charge in [0.2, 0.25) is 0 Å². The van der Waals surface area contributed by atoms with E-state index in [1.54, 1.807) is 6.26 Å². The van der Waals surface area contributed by atoms with Crippen molar-refractivity contribution in [1.29, 1.82) is 0 Å². The van der Waals surface area contributed by atoms with Crippen molar-refractivity contribution in [3.05, 3.63) is 24.2 Å². The first kappa shape index (κ1) is 11.7. The van der Waals surface area contributed by atoms with E-state index in [1.807, 2.05) is 6.26 Å². The Balaban J connectivity index is 1.89. The van der Waals surface area contributed by atoms with Gasteiger partial charge in [-0.25, -0.2) is 0 Å². The van der Waals surface area contributed by atoms with Crippen LogP contribution in [-0.2, 0) is 6.54 Å². The molecule has 1 N–H and O–H groups in total. The van der Waals surface area contributed by atoms with Crippen LogP contribution in [0.5, 0.6) is 0 Å². The Kier molecular flexibility index (Phi) is 4.02. The maximum Gasteiger partial charge on any atom is 0.0947 e. The Hall–Kier alpha value is -0.800. The zero-order valence-electron chi connectivity index (χ0n) is 10.3. The van der Waals surface area contributed by atoms with E-state index in [1.165, 1.54) is 24.9 Å². The average molecular weight is 222 g/mol. The lowest BCUT2D eigenvalue weighted by atomic mass is 10.1. The maximum absolute atomic E-state index is 5.12. The minimum atomic E-state index is 0.581. The smallest absolute Gasteiger partial charge is 0.0947 e. The molecule has 0 radical (unpaired) electrons. The average Bonchev–Trinajstić information content (AvgIpc) is 2.88. The molecule has 1 unspecified atom stereocenters. The standard InChI is InChI=1S/C13H22N2O/c1-11(2)15(8-12-5-7-16-10-12)9-13-4-3-6-14-13/h5,7,10-11,13-14H,3-4,6,8-9H2,1-2H3. The molecule has 0 bridgehead atoms. The van der Waals surface area contributed by atoms with Gasteiger partial charge >= 0.3 is 0 Å². The number of nitrogens with one attached hydrogen (secondary N) is 1. The van der Waals surface area contributed by atoms with Crippen LogP contribution in [0.4, 0.5) is 0 Å². The van der Waals surface area contributed by atoms with E-state index in [0.29, 0.717) is 12.1 Å². The highest BCUT2D eigenvalue weighted by molar-refractivity contribution is 5.05. The topological polar surface area (TPSA) is 28.4 Å². The first-order valence-corrected chi connectivity index (χ1v) is 6.24. The molecule has 1 aliphatic rings. The summed E-state index contributed by atoms with van der Waals surface area (Å²) in [6, 6.07) is 3.31. The van der Waals surface area contributed by atoms with Crippen molar-refractivity contribution in [3.63, 3.8) is 0 Å². The zero-order chi connectivity index (χ0) is 11.4. The van der Waals surface area contributed by atoms with Crippen molar-refractivity contribution in [3.8, 4) is 0 Å². The second-order valence-electron chi connectivity index (χ2n) is 4.95. The SMILES string of the molecule is CC(C)N(Cc1ccoc1)CC1CCCN1. The maximum atomic E-state index is 5.12. The van der Waals surface area contributed by atoms with Gasteiger partial charge in [0.15, 0.2) is 0 Å². The summed E-state index contributed by atoms with van der Waals surface area (Å²) in [5.74, 6) is 0. The van der Waals surface area contributed by atoms with E-state index in [-0.39, 0.29) is 0 Å². The minimum absolute atomic E-state index is 0.581. The fourth-order valence-corrected chi connectivity index (χ4v) is 2.27. The van der Waals surface area contributed by atoms with Gasteiger partial charge in [-0.3, -0.25) is 4.90 Å². The third kappa shape index (κ3) is 3.09. The second-order valence-corrected chi connectivity index (χ2v) is 4.95. The molecule has 1 fully saturated rings. The van der Waals surface area contributed by atoms with Gasteiger partial charge < -0.3 is 9.73 Å². The Morgan fingerprint density at radius 2 is 2.44 bits per heavy atom. The summed E-state index contributed by atoms with van der Waals surface area (Å²) in [5, 5.41) is 3.56. The predicted octanol–water partition coefficient (Wildman–Crippen LogP) is 2.24. The van der Waals surface area contributed by atoms with Gasteiger partial charge in [-0.15, -0.1) is 0 Å². The molecule has 0 aliphatic carbocycles. The highest BCUT2D eigenvalue weighted by Crippen LogP contribution is 2.13. The molecule has 1 aromatic rings. The van der Waals surface area contributed by atoms with Crippen LogP contribution < -0.4 is 5.32 Å². The number of nitrogens with zero attached hydrogens (tertiary/aromatic N) is 1. The second kappa shape index (κ2) is 5.51. The molecular weight excluding hydrogens is 200 g/mol. The van der Waals surface area contributed by atoms with E-state index in [2.05, 4.69) is 30.1 Å². The van der Waals surface area contributed by atoms with Crippen molar-refractivity contribution < 1.29 is 4.42 Å². The molecule has 1 atom stereocenters. The van der Waals surface area contributed by atoms with Crippen LogP contribution in [-0.4, -0.2) is 30.1 Å². The summed E-state index contributed by atoms with van der Waals surface area (Å²) >= 11 is 0. The minimum Gasteiger partial charge on any atom is -0.472 e. The first-order valence-electron chi connectivity index (χ1n) is 6.24. The molecule has 1 aliphatic heterocycles. The molecule has 2 heterocycles. The molecule has 3 heteroatoms. The van der Waals surface area contributed by atoms with Crippen molar-refractivity contribution in [1.82, 2.24) is 10.2 Å². The molecule has 0 amide bonds. The lowest BCUT2D eigenvalue weighted by Gasteiger charge is -2.28. The zero-order valence-corrected chi connectivity index (χ0v) is 10.3. The van der Waals surface area contributed by atoms with Crippen molar-refractivity contribution in [2.45, 2.75) is 45.3 Å². The molecule has 1 aromatic heterocycles. The lowest BCUT2D eigenvalue weighted by Crippen LogP contribution is -2.40. The molecule has 3 nitrogen and oxygen atoms in total. The van der Waals surface area contributed by atoms with Crippen molar-refractivity contribution >= 4 is 0 Å². The monoisotopic (exact) mass is 222 g/mol. The van der Waals surface area contributed by atoms with E-state index in [4.69, 9.17) is 4.42 Å². The van der Waals surface area contributed by atoms with Crippen LogP contribution in [0.2, 0.25) is 0 Å². The van der Waals surface area contributed by atoms with Crippen LogP contribution >= 0.6 is 0 Å². The van der Waals surface area contributed by atoms with Crippen LogP contribution in [0.1, 0.15) is 32.3 Å². The quantitative estimate of drug-likeness (QED) is 0.828. The Labute approximate surface area is 97.8 Å². The molecule has 1 saturated heterocycles. The number of hydrogen-bond acceptors (Lipinski definition) is 3. The molecular formula is C13H22N2O. The third-order valence-electron chi connectivity index (χ3n) is 3.31. The summed E-state index contributed by atoms with van der Waals surface area (Å²) < 4.78 is 5.12. The van der Waals surface area contributed by atoms with Crippen molar-refractivity contribution in [2.24, 2.45) is 0 Å². The molecule has 0 aromatic carbocycles. The fourth-order valence-electron chi connectivity index (χ4n) is 2.27. The van der Waals surface area contributed by atoms with Gasteiger partial charge in [-0.1, -0.05) is 0 Å². The fraction of sp³-hybridized carbons (Fsp3) is 0.692. The van der Waals surface area contributed by atoms with Crippen LogP contribution in [0.3, 0.4) is 0 Å². The third-order valence-corrected chi connectivity index (χ3v) is 3.31. The number of hydrogen-bond donors (Lipinski definition) is 1. The van der Waals surface area contributed by atoms with Crippen LogP contribution in [0.25, 0.3) is 0 Å². The van der Waals surface area contributed by atoms with Gasteiger partial charge in [-0.2, -0.15) is 0 Å². The predicted molar refractivity (Wildman–Crippen MR) is 65.3 cm³/mol. The summed E-state index contributed by atoms with van der Waals surface area (Å²) in [5.41, 5.74) is 1.27. The molecule has 0 spiro atoms. The van der Waals surface area contributed by atoms with Crippen LogP contribution in [0, 0.1) is 0 Å². The van der Waals surface area contributed by atoms with Gasteiger partial charge in [0.05, 0.1) is 12.5 Å². The highest BCUT2D eigenvalue weighted by Gasteiger charge is 2.19. The van der Waals surface area contributed by atoms with Crippen LogP contribution in [0.15, 0.2) is 23.0 Å². The van der Waals surface area contributed by atoms with E-state index < -0.39 is 0 Å². The summed E-state index contributed by atoms with van der Waals surface area (Å²) in [4.78, 5) is 2.51. The largest absolute Gasteiger partial charge is 0.472 e. The Morgan fingerprint density at radius 1 is 1.56 bits per heavy atom. The first-order chi connectivity index (χ1) is 7.75. The normalized spacial score (nSPS) is 21.1. The van der Waals surface area contributed by atoms with Gasteiger partial charge in [0, 0.05) is 30.7 Å². The summed E-state index contributed by atoms with van der Waals surface area (Å²) in [7, 11) is 0. The molecule has 16 heavy (non-hydrogen) atoms. The Bertz CT molecular complexity index is 289. The molecule has 2 rings (SSSR count). The van der Waals surface area contributed by atoms with Crippen molar-refractivity contribution in [2.75, 3.05) is 13.1 Å². The lowest BCUT2D eigenvalue weighted by molar-refractivity contribution is 0.193.